The van der Waals surface area contributed by atoms with Gasteiger partial charge < -0.3 is 19.4 Å². The predicted molar refractivity (Wildman–Crippen MR) is 114 cm³/mol. The largest absolute Gasteiger partial charge is 0.484 e. The van der Waals surface area contributed by atoms with E-state index in [1.807, 2.05) is 73.0 Å². The molecule has 0 unspecified atom stereocenters. The summed E-state index contributed by atoms with van der Waals surface area (Å²) < 4.78 is 12.6. The van der Waals surface area contributed by atoms with Gasteiger partial charge in [0.25, 0.3) is 5.91 Å². The molecule has 0 saturated carbocycles. The van der Waals surface area contributed by atoms with Crippen LogP contribution in [0.4, 0.5) is 0 Å². The maximum atomic E-state index is 12.2. The zero-order valence-electron chi connectivity index (χ0n) is 17.3. The minimum Gasteiger partial charge on any atom is -0.484 e. The number of nitrogens with zero attached hydrogens (tertiary/aromatic N) is 2. The first-order valence-electron chi connectivity index (χ1n) is 10.1. The smallest absolute Gasteiger partial charge is 0.326 e. The number of imidazole rings is 1. The number of aromatic nitrogens is 2. The number of para-hydroxylation sites is 3. The molecule has 158 valence electrons. The van der Waals surface area contributed by atoms with Gasteiger partial charge in [-0.2, -0.15) is 0 Å². The molecule has 1 aromatic heterocycles. The van der Waals surface area contributed by atoms with E-state index in [9.17, 15) is 9.59 Å². The van der Waals surface area contributed by atoms with Crippen LogP contribution in [0.5, 0.6) is 5.75 Å². The average Bonchev–Trinajstić information content (AvgIpc) is 3.07. The second-order valence-electron chi connectivity index (χ2n) is 7.20. The molecular formula is C23H27N3O4. The van der Waals surface area contributed by atoms with Crippen LogP contribution in [0.25, 0.3) is 11.0 Å². The van der Waals surface area contributed by atoms with Crippen molar-refractivity contribution in [3.05, 3.63) is 60.4 Å². The highest BCUT2D eigenvalue weighted by Gasteiger charge is 2.15. The topological polar surface area (TPSA) is 82.5 Å². The summed E-state index contributed by atoms with van der Waals surface area (Å²) in [4.78, 5) is 28.8. The minimum atomic E-state index is -0.291. The third-order valence-electron chi connectivity index (χ3n) is 4.40. The second-order valence-corrected chi connectivity index (χ2v) is 7.20. The van der Waals surface area contributed by atoms with Gasteiger partial charge in [0.2, 0.25) is 0 Å². The first-order valence-corrected chi connectivity index (χ1v) is 10.1. The molecule has 0 bridgehead atoms. The quantitative estimate of drug-likeness (QED) is 0.411. The van der Waals surface area contributed by atoms with E-state index < -0.39 is 0 Å². The SMILES string of the molecule is CC(C)OC(=O)Cn1c(CCCNC(=O)COc2ccccc2)nc2ccccc21. The summed E-state index contributed by atoms with van der Waals surface area (Å²) in [7, 11) is 0. The Hall–Kier alpha value is -3.35. The second kappa shape index (κ2) is 10.4. The zero-order chi connectivity index (χ0) is 21.3. The molecule has 0 aliphatic heterocycles. The highest BCUT2D eigenvalue weighted by atomic mass is 16.5. The first kappa shape index (κ1) is 21.4. The summed E-state index contributed by atoms with van der Waals surface area (Å²) in [5.41, 5.74) is 1.73. The van der Waals surface area contributed by atoms with Gasteiger partial charge in [-0.05, 0) is 44.5 Å². The van der Waals surface area contributed by atoms with Gasteiger partial charge in [-0.15, -0.1) is 0 Å². The van der Waals surface area contributed by atoms with E-state index in [2.05, 4.69) is 10.3 Å². The maximum absolute atomic E-state index is 12.2. The number of ether oxygens (including phenoxy) is 2. The Morgan fingerprint density at radius 3 is 2.57 bits per heavy atom. The number of carbonyl (C=O) groups is 2. The molecule has 0 saturated heterocycles. The van der Waals surface area contributed by atoms with Crippen molar-refractivity contribution in [3.63, 3.8) is 0 Å². The molecule has 7 nitrogen and oxygen atoms in total. The fraction of sp³-hybridized carbons (Fsp3) is 0.348. The molecule has 0 radical (unpaired) electrons. The standard InChI is InChI=1S/C23H27N3O4/c1-17(2)30-23(28)15-26-20-12-7-6-11-19(20)25-21(26)13-8-14-24-22(27)16-29-18-9-4-3-5-10-18/h3-7,9-12,17H,8,13-16H2,1-2H3,(H,24,27). The van der Waals surface area contributed by atoms with Gasteiger partial charge in [0, 0.05) is 13.0 Å². The summed E-state index contributed by atoms with van der Waals surface area (Å²) >= 11 is 0. The fourth-order valence-electron chi connectivity index (χ4n) is 3.11. The molecule has 1 heterocycles. The monoisotopic (exact) mass is 409 g/mol. The molecule has 0 spiro atoms. The Kier molecular flexibility index (Phi) is 7.43. The number of aryl methyl sites for hydroxylation is 1. The van der Waals surface area contributed by atoms with E-state index in [1.54, 1.807) is 0 Å². The van der Waals surface area contributed by atoms with Crippen LogP contribution in [0.3, 0.4) is 0 Å². The van der Waals surface area contributed by atoms with E-state index in [-0.39, 0.29) is 31.1 Å². The number of esters is 1. The van der Waals surface area contributed by atoms with Crippen molar-refractivity contribution < 1.29 is 19.1 Å². The number of amides is 1. The fourth-order valence-corrected chi connectivity index (χ4v) is 3.11. The summed E-state index contributed by atoms with van der Waals surface area (Å²) in [6.45, 7) is 4.25. The summed E-state index contributed by atoms with van der Waals surface area (Å²) in [5.74, 6) is 0.995. The van der Waals surface area contributed by atoms with E-state index in [4.69, 9.17) is 9.47 Å². The number of carbonyl (C=O) groups excluding carboxylic acids is 2. The molecular weight excluding hydrogens is 382 g/mol. The molecule has 0 fully saturated rings. The van der Waals surface area contributed by atoms with E-state index in [0.29, 0.717) is 25.1 Å². The Bertz CT molecular complexity index is 983. The van der Waals surface area contributed by atoms with Crippen LogP contribution in [-0.2, 0) is 27.3 Å². The highest BCUT2D eigenvalue weighted by Crippen LogP contribution is 2.17. The summed E-state index contributed by atoms with van der Waals surface area (Å²) in [6.07, 6.45) is 1.16. The Morgan fingerprint density at radius 2 is 1.80 bits per heavy atom. The number of nitrogens with one attached hydrogen (secondary N) is 1. The molecule has 0 atom stereocenters. The maximum Gasteiger partial charge on any atom is 0.326 e. The van der Waals surface area contributed by atoms with Crippen molar-refractivity contribution in [2.45, 2.75) is 39.3 Å². The molecule has 2 aromatic carbocycles. The number of hydrogen-bond donors (Lipinski definition) is 1. The number of benzene rings is 2. The number of fused-ring (bicyclic) bond motifs is 1. The third kappa shape index (κ3) is 6.07. The van der Waals surface area contributed by atoms with Gasteiger partial charge in [-0.3, -0.25) is 9.59 Å². The Balaban J connectivity index is 1.53. The van der Waals surface area contributed by atoms with Crippen LogP contribution in [0.15, 0.2) is 54.6 Å². The molecule has 0 aliphatic rings. The summed E-state index contributed by atoms with van der Waals surface area (Å²) in [5, 5.41) is 2.85. The van der Waals surface area contributed by atoms with Crippen molar-refractivity contribution in [3.8, 4) is 5.75 Å². The van der Waals surface area contributed by atoms with Crippen molar-refractivity contribution in [2.24, 2.45) is 0 Å². The molecule has 1 N–H and O–H groups in total. The van der Waals surface area contributed by atoms with Crippen molar-refractivity contribution in [1.82, 2.24) is 14.9 Å². The third-order valence-corrected chi connectivity index (χ3v) is 4.40. The molecule has 7 heteroatoms. The Labute approximate surface area is 176 Å². The van der Waals surface area contributed by atoms with Crippen LogP contribution < -0.4 is 10.1 Å². The van der Waals surface area contributed by atoms with Crippen LogP contribution in [0.2, 0.25) is 0 Å². The normalized spacial score (nSPS) is 10.9. The van der Waals surface area contributed by atoms with Crippen molar-refractivity contribution >= 4 is 22.9 Å². The average molecular weight is 409 g/mol. The lowest BCUT2D eigenvalue weighted by Crippen LogP contribution is -2.30. The Morgan fingerprint density at radius 1 is 1.07 bits per heavy atom. The van der Waals surface area contributed by atoms with Crippen LogP contribution in [0, 0.1) is 0 Å². The lowest BCUT2D eigenvalue weighted by molar-refractivity contribution is -0.148. The number of hydrogen-bond acceptors (Lipinski definition) is 5. The van der Waals surface area contributed by atoms with Crippen LogP contribution in [0.1, 0.15) is 26.1 Å². The van der Waals surface area contributed by atoms with Gasteiger partial charge in [0.15, 0.2) is 6.61 Å². The van der Waals surface area contributed by atoms with Crippen molar-refractivity contribution in [2.75, 3.05) is 13.2 Å². The lowest BCUT2D eigenvalue weighted by Gasteiger charge is -2.12. The van der Waals surface area contributed by atoms with Gasteiger partial charge in [-0.1, -0.05) is 30.3 Å². The summed E-state index contributed by atoms with van der Waals surface area (Å²) in [6, 6.07) is 16.9. The van der Waals surface area contributed by atoms with E-state index in [0.717, 1.165) is 16.9 Å². The zero-order valence-corrected chi connectivity index (χ0v) is 17.3. The molecule has 3 aromatic rings. The van der Waals surface area contributed by atoms with E-state index in [1.165, 1.54) is 0 Å². The highest BCUT2D eigenvalue weighted by molar-refractivity contribution is 5.79. The molecule has 30 heavy (non-hydrogen) atoms. The van der Waals surface area contributed by atoms with Crippen molar-refractivity contribution in [1.29, 1.82) is 0 Å². The molecule has 1 amide bonds. The predicted octanol–water partition coefficient (Wildman–Crippen LogP) is 3.12. The van der Waals surface area contributed by atoms with Gasteiger partial charge in [0.05, 0.1) is 17.1 Å². The molecule has 3 rings (SSSR count). The van der Waals surface area contributed by atoms with Gasteiger partial charge in [0.1, 0.15) is 18.1 Å². The van der Waals surface area contributed by atoms with Crippen LogP contribution >= 0.6 is 0 Å². The first-order chi connectivity index (χ1) is 14.5. The van der Waals surface area contributed by atoms with Gasteiger partial charge >= 0.3 is 5.97 Å². The number of rotatable bonds is 10. The van der Waals surface area contributed by atoms with Gasteiger partial charge in [-0.25, -0.2) is 4.98 Å². The van der Waals surface area contributed by atoms with E-state index >= 15 is 0 Å². The molecule has 0 aliphatic carbocycles. The lowest BCUT2D eigenvalue weighted by atomic mass is 10.3. The minimum absolute atomic E-state index is 0.0242. The van der Waals surface area contributed by atoms with Crippen LogP contribution in [-0.4, -0.2) is 40.7 Å².